The molecule has 8 heteroatoms. The Morgan fingerprint density at radius 2 is 1.92 bits per heavy atom. The van der Waals surface area contributed by atoms with Gasteiger partial charge in [-0.25, -0.2) is 0 Å². The summed E-state index contributed by atoms with van der Waals surface area (Å²) in [6.07, 6.45) is 1.58. The lowest BCUT2D eigenvalue weighted by molar-refractivity contribution is -0.386. The molecule has 4 rings (SSSR count). The van der Waals surface area contributed by atoms with E-state index in [1.54, 1.807) is 19.9 Å². The van der Waals surface area contributed by atoms with Gasteiger partial charge in [-0.1, -0.05) is 54.6 Å². The van der Waals surface area contributed by atoms with Crippen LogP contribution >= 0.6 is 0 Å². The van der Waals surface area contributed by atoms with E-state index in [1.807, 2.05) is 48.2 Å². The molecule has 0 aliphatic carbocycles. The fourth-order valence-corrected chi connectivity index (χ4v) is 4.82. The molecule has 1 heterocycles. The molecule has 38 heavy (non-hydrogen) atoms. The summed E-state index contributed by atoms with van der Waals surface area (Å²) >= 11 is 0. The maximum absolute atomic E-state index is 12.7. The second-order valence-electron chi connectivity index (χ2n) is 10.5. The maximum atomic E-state index is 12.7. The molecule has 3 aromatic carbocycles. The van der Waals surface area contributed by atoms with Crippen LogP contribution < -0.4 is 10.1 Å². The summed E-state index contributed by atoms with van der Waals surface area (Å²) in [6, 6.07) is 20.7. The molecule has 1 unspecified atom stereocenters. The van der Waals surface area contributed by atoms with Crippen LogP contribution in [0, 0.1) is 17.0 Å². The monoisotopic (exact) mass is 517 g/mol. The molecule has 3 aromatic rings. The summed E-state index contributed by atoms with van der Waals surface area (Å²) in [5.41, 5.74) is 3.90. The van der Waals surface area contributed by atoms with Gasteiger partial charge in [0.2, 0.25) is 5.91 Å². The predicted molar refractivity (Wildman–Crippen MR) is 147 cm³/mol. The second kappa shape index (κ2) is 11.8. The van der Waals surface area contributed by atoms with Crippen molar-refractivity contribution >= 4 is 11.6 Å². The molecule has 8 nitrogen and oxygen atoms in total. The van der Waals surface area contributed by atoms with E-state index in [0.717, 1.165) is 40.8 Å². The first kappa shape index (κ1) is 27.3. The molecule has 1 aliphatic heterocycles. The van der Waals surface area contributed by atoms with Crippen LogP contribution in [-0.2, 0) is 17.9 Å². The normalized spacial score (nSPS) is 15.8. The Morgan fingerprint density at radius 1 is 1.16 bits per heavy atom. The van der Waals surface area contributed by atoms with Gasteiger partial charge in [0, 0.05) is 19.2 Å². The Morgan fingerprint density at radius 3 is 2.63 bits per heavy atom. The third kappa shape index (κ3) is 6.76. The van der Waals surface area contributed by atoms with Crippen LogP contribution in [0.3, 0.4) is 0 Å². The molecular weight excluding hydrogens is 482 g/mol. The van der Waals surface area contributed by atoms with Crippen LogP contribution in [0.2, 0.25) is 0 Å². The first-order valence-electron chi connectivity index (χ1n) is 12.9. The van der Waals surface area contributed by atoms with Gasteiger partial charge in [0.15, 0.2) is 5.75 Å². The van der Waals surface area contributed by atoms with Crippen molar-refractivity contribution in [1.82, 2.24) is 10.2 Å². The molecule has 200 valence electrons. The minimum absolute atomic E-state index is 0.0957. The number of nitro benzene ring substituents is 1. The highest BCUT2D eigenvalue weighted by molar-refractivity contribution is 5.82. The molecule has 2 N–H and O–H groups in total. The van der Waals surface area contributed by atoms with Gasteiger partial charge in [0.05, 0.1) is 16.6 Å². The number of rotatable bonds is 10. The number of nitrogens with zero attached hydrogens (tertiary/aromatic N) is 2. The Labute approximate surface area is 223 Å². The number of likely N-dealkylation sites (tertiary alicyclic amines) is 1. The molecule has 0 bridgehead atoms. The number of nitrogens with one attached hydrogen (secondary N) is 1. The molecular formula is C30H35N3O5. The highest BCUT2D eigenvalue weighted by Gasteiger charge is 2.31. The molecule has 1 aliphatic rings. The zero-order valence-electron chi connectivity index (χ0n) is 22.1. The number of aliphatic hydroxyl groups is 1. The van der Waals surface area contributed by atoms with Crippen LogP contribution in [0.5, 0.6) is 5.75 Å². The van der Waals surface area contributed by atoms with E-state index in [2.05, 4.69) is 23.5 Å². The number of hydrogen-bond donors (Lipinski definition) is 2. The zero-order chi connectivity index (χ0) is 27.3. The van der Waals surface area contributed by atoms with Crippen molar-refractivity contribution in [2.75, 3.05) is 13.1 Å². The average Bonchev–Trinajstić information content (AvgIpc) is 3.35. The standard InChI is InChI=1S/C30H35N3O5/c1-21-24(11-7-12-25(21)23-9-5-4-6-10-23)19-38-28-15-14-22(17-27(28)33(36)37)18-32-16-8-13-26(32)29(34)31-20-30(2,3)35/h4-7,9-12,14-15,17,26,35H,8,13,16,18-20H2,1-3H3,(H,31,34). The lowest BCUT2D eigenvalue weighted by Crippen LogP contribution is -2.47. The Hall–Kier alpha value is -3.75. The molecule has 1 fully saturated rings. The van der Waals surface area contributed by atoms with Gasteiger partial charge in [-0.3, -0.25) is 19.8 Å². The molecule has 0 radical (unpaired) electrons. The number of amides is 1. The van der Waals surface area contributed by atoms with Gasteiger partial charge < -0.3 is 15.2 Å². The van der Waals surface area contributed by atoms with E-state index in [-0.39, 0.29) is 36.5 Å². The zero-order valence-corrected chi connectivity index (χ0v) is 22.1. The van der Waals surface area contributed by atoms with Crippen molar-refractivity contribution in [3.8, 4) is 16.9 Å². The average molecular weight is 518 g/mol. The van der Waals surface area contributed by atoms with Gasteiger partial charge in [-0.2, -0.15) is 0 Å². The first-order chi connectivity index (χ1) is 18.1. The third-order valence-corrected chi connectivity index (χ3v) is 6.88. The van der Waals surface area contributed by atoms with E-state index in [0.29, 0.717) is 13.0 Å². The smallest absolute Gasteiger partial charge is 0.311 e. The maximum Gasteiger partial charge on any atom is 0.311 e. The number of carbonyl (C=O) groups is 1. The van der Waals surface area contributed by atoms with Crippen LogP contribution in [-0.4, -0.2) is 45.6 Å². The van der Waals surface area contributed by atoms with Gasteiger partial charge in [0.25, 0.3) is 0 Å². The Bertz CT molecular complexity index is 1290. The summed E-state index contributed by atoms with van der Waals surface area (Å²) in [5.74, 6) is 0.0799. The largest absolute Gasteiger partial charge is 0.482 e. The lowest BCUT2D eigenvalue weighted by Gasteiger charge is -2.25. The Kier molecular flexibility index (Phi) is 8.44. The van der Waals surface area contributed by atoms with Gasteiger partial charge in [-0.15, -0.1) is 0 Å². The second-order valence-corrected chi connectivity index (χ2v) is 10.5. The first-order valence-corrected chi connectivity index (χ1v) is 12.9. The van der Waals surface area contributed by atoms with E-state index in [4.69, 9.17) is 4.74 Å². The summed E-state index contributed by atoms with van der Waals surface area (Å²) in [5, 5.41) is 24.6. The van der Waals surface area contributed by atoms with E-state index >= 15 is 0 Å². The van der Waals surface area contributed by atoms with Crippen molar-refractivity contribution in [2.24, 2.45) is 0 Å². The third-order valence-electron chi connectivity index (χ3n) is 6.88. The van der Waals surface area contributed by atoms with Gasteiger partial charge in [0.1, 0.15) is 6.61 Å². The number of ether oxygens (including phenoxy) is 1. The van der Waals surface area contributed by atoms with E-state index in [1.165, 1.54) is 6.07 Å². The number of carbonyl (C=O) groups excluding carboxylic acids is 1. The quantitative estimate of drug-likeness (QED) is 0.290. The number of hydrogen-bond acceptors (Lipinski definition) is 6. The molecule has 0 saturated carbocycles. The van der Waals surface area contributed by atoms with Crippen molar-refractivity contribution < 1.29 is 19.6 Å². The minimum atomic E-state index is -0.989. The fraction of sp³-hybridized carbons (Fsp3) is 0.367. The summed E-state index contributed by atoms with van der Waals surface area (Å²) in [7, 11) is 0. The van der Waals surface area contributed by atoms with Crippen molar-refractivity contribution in [2.45, 2.75) is 58.4 Å². The predicted octanol–water partition coefficient (Wildman–Crippen LogP) is 5.00. The molecule has 0 aromatic heterocycles. The molecule has 1 amide bonds. The summed E-state index contributed by atoms with van der Waals surface area (Å²) in [6.45, 7) is 6.84. The fourth-order valence-electron chi connectivity index (χ4n) is 4.82. The topological polar surface area (TPSA) is 105 Å². The van der Waals surface area contributed by atoms with Crippen LogP contribution in [0.25, 0.3) is 11.1 Å². The van der Waals surface area contributed by atoms with Gasteiger partial charge in [-0.05, 0) is 74.0 Å². The van der Waals surface area contributed by atoms with Crippen LogP contribution in [0.1, 0.15) is 43.4 Å². The van der Waals surface area contributed by atoms with Crippen LogP contribution in [0.15, 0.2) is 66.7 Å². The van der Waals surface area contributed by atoms with Crippen LogP contribution in [0.4, 0.5) is 5.69 Å². The highest BCUT2D eigenvalue weighted by atomic mass is 16.6. The summed E-state index contributed by atoms with van der Waals surface area (Å²) in [4.78, 5) is 26.2. The SMILES string of the molecule is Cc1c(COc2ccc(CN3CCCC3C(=O)NCC(C)(C)O)cc2[N+](=O)[O-])cccc1-c1ccccc1. The van der Waals surface area contributed by atoms with Gasteiger partial charge >= 0.3 is 5.69 Å². The lowest BCUT2D eigenvalue weighted by atomic mass is 9.97. The van der Waals surface area contributed by atoms with E-state index < -0.39 is 10.5 Å². The van der Waals surface area contributed by atoms with Crippen molar-refractivity contribution in [3.63, 3.8) is 0 Å². The molecule has 0 spiro atoms. The molecule has 1 saturated heterocycles. The summed E-state index contributed by atoms with van der Waals surface area (Å²) < 4.78 is 5.96. The van der Waals surface area contributed by atoms with Crippen molar-refractivity contribution in [1.29, 1.82) is 0 Å². The highest BCUT2D eigenvalue weighted by Crippen LogP contribution is 2.32. The van der Waals surface area contributed by atoms with Crippen molar-refractivity contribution in [3.05, 3.63) is 93.5 Å². The number of benzene rings is 3. The Balaban J connectivity index is 1.46. The molecule has 1 atom stereocenters. The minimum Gasteiger partial charge on any atom is -0.482 e. The van der Waals surface area contributed by atoms with E-state index in [9.17, 15) is 20.0 Å². The number of nitro groups is 1.